The van der Waals surface area contributed by atoms with E-state index in [4.69, 9.17) is 9.78 Å². The zero-order valence-electron chi connectivity index (χ0n) is 21.6. The van der Waals surface area contributed by atoms with E-state index < -0.39 is 0 Å². The van der Waals surface area contributed by atoms with Crippen LogP contribution in [0.25, 0.3) is 0 Å². The van der Waals surface area contributed by atoms with Crippen LogP contribution in [0.1, 0.15) is 120 Å². The molecule has 0 aromatic heterocycles. The lowest BCUT2D eigenvalue weighted by Crippen LogP contribution is -2.42. The molecular weight excluding hydrogens is 392 g/mol. The van der Waals surface area contributed by atoms with Crippen molar-refractivity contribution in [3.8, 4) is 0 Å². The molecule has 32 heavy (non-hydrogen) atoms. The van der Waals surface area contributed by atoms with Gasteiger partial charge in [-0.15, -0.1) is 6.58 Å². The van der Waals surface area contributed by atoms with E-state index in [1.54, 1.807) is 6.08 Å². The van der Waals surface area contributed by atoms with Crippen LogP contribution in [-0.2, 0) is 9.78 Å². The summed E-state index contributed by atoms with van der Waals surface area (Å²) in [6.45, 7) is 18.7. The van der Waals surface area contributed by atoms with Crippen LogP contribution >= 0.6 is 0 Å². The highest BCUT2D eigenvalue weighted by molar-refractivity contribution is 5.10. The molecule has 0 bridgehead atoms. The third-order valence-electron chi connectivity index (χ3n) is 9.04. The van der Waals surface area contributed by atoms with Crippen LogP contribution in [0.15, 0.2) is 24.8 Å². The molecule has 2 fully saturated rings. The standard InChI is InChI=1S/C29H52O2.CH4/c1-8-13-26-16-10-11-20-29(26,7)28(5,6)21-19-27-23(3)17-18-25(27)15-12-14-24(4)31-30-22-9-2;/h9,19,21,23-27H,2,8,10-18,20,22H2,1,3-7H3;1H4/b21-19-;. The van der Waals surface area contributed by atoms with Gasteiger partial charge in [0.05, 0.1) is 6.10 Å². The van der Waals surface area contributed by atoms with E-state index in [2.05, 4.69) is 60.3 Å². The highest BCUT2D eigenvalue weighted by Gasteiger charge is 2.46. The third-order valence-corrected chi connectivity index (χ3v) is 9.04. The molecule has 2 rings (SSSR count). The van der Waals surface area contributed by atoms with Crippen molar-refractivity contribution in [1.29, 1.82) is 0 Å². The second-order valence-electron chi connectivity index (χ2n) is 11.5. The predicted molar refractivity (Wildman–Crippen MR) is 141 cm³/mol. The van der Waals surface area contributed by atoms with Gasteiger partial charge in [0.25, 0.3) is 0 Å². The maximum absolute atomic E-state index is 5.41. The first-order valence-electron chi connectivity index (χ1n) is 13.3. The molecule has 0 aliphatic heterocycles. The molecule has 0 aromatic carbocycles. The van der Waals surface area contributed by atoms with E-state index in [9.17, 15) is 0 Å². The van der Waals surface area contributed by atoms with Gasteiger partial charge < -0.3 is 0 Å². The van der Waals surface area contributed by atoms with Crippen LogP contribution in [0.4, 0.5) is 0 Å². The summed E-state index contributed by atoms with van der Waals surface area (Å²) in [5, 5.41) is 0. The number of allylic oxidation sites excluding steroid dienone is 2. The molecule has 2 nitrogen and oxygen atoms in total. The highest BCUT2D eigenvalue weighted by Crippen LogP contribution is 2.55. The maximum Gasteiger partial charge on any atom is 0.100 e. The Balaban J connectivity index is 0.00000512. The first kappa shape index (κ1) is 29.4. The molecule has 2 aliphatic carbocycles. The van der Waals surface area contributed by atoms with Crippen molar-refractivity contribution < 1.29 is 9.78 Å². The Morgan fingerprint density at radius 3 is 2.59 bits per heavy atom. The Hall–Kier alpha value is -0.600. The van der Waals surface area contributed by atoms with Gasteiger partial charge in [-0.3, -0.25) is 0 Å². The van der Waals surface area contributed by atoms with Crippen LogP contribution in [0.3, 0.4) is 0 Å². The smallest absolute Gasteiger partial charge is 0.100 e. The van der Waals surface area contributed by atoms with Crippen molar-refractivity contribution in [2.24, 2.45) is 34.5 Å². The number of hydrogen-bond acceptors (Lipinski definition) is 2. The molecular formula is C30H56O2. The molecule has 2 aliphatic rings. The van der Waals surface area contributed by atoms with Gasteiger partial charge in [0, 0.05) is 0 Å². The Labute approximate surface area is 201 Å². The van der Waals surface area contributed by atoms with E-state index in [-0.39, 0.29) is 18.9 Å². The van der Waals surface area contributed by atoms with E-state index in [1.807, 2.05) is 0 Å². The van der Waals surface area contributed by atoms with Crippen molar-refractivity contribution in [2.75, 3.05) is 6.61 Å². The molecule has 0 radical (unpaired) electrons. The largest absolute Gasteiger partial charge is 0.233 e. The van der Waals surface area contributed by atoms with Crippen molar-refractivity contribution >= 4 is 0 Å². The van der Waals surface area contributed by atoms with Crippen molar-refractivity contribution in [2.45, 2.75) is 126 Å². The summed E-state index contributed by atoms with van der Waals surface area (Å²) >= 11 is 0. The normalized spacial score (nSPS) is 32.1. The molecule has 0 spiro atoms. The van der Waals surface area contributed by atoms with E-state index in [1.165, 1.54) is 64.2 Å². The van der Waals surface area contributed by atoms with Gasteiger partial charge in [-0.1, -0.05) is 92.4 Å². The first-order valence-corrected chi connectivity index (χ1v) is 13.3. The summed E-state index contributed by atoms with van der Waals surface area (Å²) in [4.78, 5) is 10.6. The molecule has 2 saturated carbocycles. The van der Waals surface area contributed by atoms with Gasteiger partial charge in [0.15, 0.2) is 0 Å². The minimum atomic E-state index is 0. The minimum Gasteiger partial charge on any atom is -0.233 e. The quantitative estimate of drug-likeness (QED) is 0.121. The molecule has 0 aromatic rings. The fraction of sp³-hybridized carbons (Fsp3) is 0.867. The fourth-order valence-corrected chi connectivity index (χ4v) is 6.54. The lowest BCUT2D eigenvalue weighted by Gasteiger charge is -2.51. The first-order chi connectivity index (χ1) is 14.7. The molecule has 0 N–H and O–H groups in total. The molecule has 188 valence electrons. The lowest BCUT2D eigenvalue weighted by atomic mass is 9.53. The summed E-state index contributed by atoms with van der Waals surface area (Å²) in [6.07, 6.45) is 21.9. The van der Waals surface area contributed by atoms with E-state index in [0.717, 1.165) is 30.1 Å². The van der Waals surface area contributed by atoms with Crippen molar-refractivity contribution in [3.63, 3.8) is 0 Å². The second-order valence-corrected chi connectivity index (χ2v) is 11.5. The van der Waals surface area contributed by atoms with E-state index in [0.29, 0.717) is 12.0 Å². The topological polar surface area (TPSA) is 18.5 Å². The predicted octanol–water partition coefficient (Wildman–Crippen LogP) is 9.56. The van der Waals surface area contributed by atoms with Crippen LogP contribution < -0.4 is 0 Å². The summed E-state index contributed by atoms with van der Waals surface area (Å²) in [7, 11) is 0. The SMILES string of the molecule is C.C=CCOOC(C)CCCC1CCC(C)C1/C=C\C(C)(C)C1(C)CCCCC1CCC. The summed E-state index contributed by atoms with van der Waals surface area (Å²) in [5.74, 6) is 3.26. The van der Waals surface area contributed by atoms with Gasteiger partial charge in [-0.05, 0) is 80.0 Å². The Morgan fingerprint density at radius 1 is 1.16 bits per heavy atom. The van der Waals surface area contributed by atoms with Gasteiger partial charge in [0.2, 0.25) is 0 Å². The highest BCUT2D eigenvalue weighted by atomic mass is 17.2. The second kappa shape index (κ2) is 14.0. The average Bonchev–Trinajstić information content (AvgIpc) is 3.08. The van der Waals surface area contributed by atoms with Crippen LogP contribution in [0.2, 0.25) is 0 Å². The Bertz CT molecular complexity index is 549. The molecule has 6 atom stereocenters. The Kier molecular flexibility index (Phi) is 12.8. The maximum atomic E-state index is 5.41. The summed E-state index contributed by atoms with van der Waals surface area (Å²) < 4.78 is 0. The molecule has 6 unspecified atom stereocenters. The molecule has 0 saturated heterocycles. The summed E-state index contributed by atoms with van der Waals surface area (Å²) in [6, 6.07) is 0. The van der Waals surface area contributed by atoms with Gasteiger partial charge >= 0.3 is 0 Å². The van der Waals surface area contributed by atoms with Gasteiger partial charge in [-0.25, -0.2) is 9.78 Å². The average molecular weight is 449 g/mol. The lowest BCUT2D eigenvalue weighted by molar-refractivity contribution is -0.314. The Morgan fingerprint density at radius 2 is 1.91 bits per heavy atom. The zero-order valence-corrected chi connectivity index (χ0v) is 21.6. The van der Waals surface area contributed by atoms with Crippen molar-refractivity contribution in [3.05, 3.63) is 24.8 Å². The van der Waals surface area contributed by atoms with Crippen LogP contribution in [0, 0.1) is 34.5 Å². The van der Waals surface area contributed by atoms with Gasteiger partial charge in [-0.2, -0.15) is 0 Å². The monoisotopic (exact) mass is 448 g/mol. The fourth-order valence-electron chi connectivity index (χ4n) is 6.54. The van der Waals surface area contributed by atoms with Crippen molar-refractivity contribution in [1.82, 2.24) is 0 Å². The molecule has 2 heteroatoms. The minimum absolute atomic E-state index is 0. The van der Waals surface area contributed by atoms with Crippen LogP contribution in [-0.4, -0.2) is 12.7 Å². The molecule has 0 heterocycles. The van der Waals surface area contributed by atoms with Gasteiger partial charge in [0.1, 0.15) is 6.61 Å². The number of rotatable bonds is 13. The number of hydrogen-bond donors (Lipinski definition) is 0. The van der Waals surface area contributed by atoms with E-state index >= 15 is 0 Å². The summed E-state index contributed by atoms with van der Waals surface area (Å²) in [5.41, 5.74) is 0.707. The zero-order chi connectivity index (χ0) is 22.9. The molecule has 0 amide bonds. The van der Waals surface area contributed by atoms with Crippen LogP contribution in [0.5, 0.6) is 0 Å². The third kappa shape index (κ3) is 7.73.